The van der Waals surface area contributed by atoms with Crippen LogP contribution in [0.1, 0.15) is 17.3 Å². The largest absolute Gasteiger partial charge is 0.397 e. The second-order valence-corrected chi connectivity index (χ2v) is 4.22. The number of nitrogens with zero attached hydrogens (tertiary/aromatic N) is 2. The maximum atomic E-state index is 11.2. The fraction of sp³-hybridized carbons (Fsp3) is 0.455. The van der Waals surface area contributed by atoms with Crippen LogP contribution in [0.5, 0.6) is 0 Å². The number of anilines is 2. The summed E-state index contributed by atoms with van der Waals surface area (Å²) in [5.41, 5.74) is 11.6. The van der Waals surface area contributed by atoms with Crippen LogP contribution < -0.4 is 16.8 Å². The third-order valence-electron chi connectivity index (χ3n) is 2.62. The van der Waals surface area contributed by atoms with E-state index in [2.05, 4.69) is 22.1 Å². The summed E-state index contributed by atoms with van der Waals surface area (Å²) in [5.74, 6) is -0.0646. The van der Waals surface area contributed by atoms with Gasteiger partial charge >= 0.3 is 0 Å². The van der Waals surface area contributed by atoms with Gasteiger partial charge in [-0.2, -0.15) is 0 Å². The summed E-state index contributed by atoms with van der Waals surface area (Å²) in [6.07, 6.45) is 1.50. The number of primary amides is 1. The lowest BCUT2D eigenvalue weighted by Crippen LogP contribution is -2.32. The number of hydrogen-bond donors (Lipinski definition) is 3. The van der Waals surface area contributed by atoms with Crippen molar-refractivity contribution in [2.45, 2.75) is 13.0 Å². The second kappa shape index (κ2) is 5.49. The van der Waals surface area contributed by atoms with Gasteiger partial charge in [0.1, 0.15) is 5.82 Å². The molecule has 1 heterocycles. The van der Waals surface area contributed by atoms with E-state index in [4.69, 9.17) is 11.5 Å². The maximum absolute atomic E-state index is 11.2. The molecule has 0 saturated carbocycles. The van der Waals surface area contributed by atoms with Crippen molar-refractivity contribution >= 4 is 17.4 Å². The lowest BCUT2D eigenvalue weighted by atomic mass is 10.2. The SMILES string of the molecule is CC(CNc1ncc(N)cc1C(N)=O)N(C)C. The number of rotatable bonds is 5. The fourth-order valence-electron chi connectivity index (χ4n) is 1.24. The Balaban J connectivity index is 2.80. The van der Waals surface area contributed by atoms with Gasteiger partial charge in [0.15, 0.2) is 0 Å². The maximum Gasteiger partial charge on any atom is 0.252 e. The molecule has 6 heteroatoms. The molecule has 1 amide bonds. The van der Waals surface area contributed by atoms with E-state index >= 15 is 0 Å². The Morgan fingerprint density at radius 2 is 2.24 bits per heavy atom. The molecule has 94 valence electrons. The minimum absolute atomic E-state index is 0.315. The second-order valence-electron chi connectivity index (χ2n) is 4.22. The highest BCUT2D eigenvalue weighted by molar-refractivity contribution is 5.98. The molecule has 0 aliphatic rings. The molecule has 1 aromatic heterocycles. The normalized spacial score (nSPS) is 12.5. The molecule has 0 bridgehead atoms. The molecule has 1 unspecified atom stereocenters. The topological polar surface area (TPSA) is 97.3 Å². The van der Waals surface area contributed by atoms with Crippen molar-refractivity contribution in [1.29, 1.82) is 0 Å². The van der Waals surface area contributed by atoms with Crippen molar-refractivity contribution < 1.29 is 4.79 Å². The number of pyridine rings is 1. The summed E-state index contributed by atoms with van der Waals surface area (Å²) < 4.78 is 0. The average molecular weight is 237 g/mol. The molecule has 0 aliphatic carbocycles. The van der Waals surface area contributed by atoms with Crippen molar-refractivity contribution in [2.24, 2.45) is 5.73 Å². The molecule has 0 fully saturated rings. The van der Waals surface area contributed by atoms with Crippen molar-refractivity contribution in [3.05, 3.63) is 17.8 Å². The molecule has 0 aliphatic heterocycles. The molecule has 1 atom stereocenters. The number of likely N-dealkylation sites (N-methyl/N-ethyl adjacent to an activating group) is 1. The Labute approximate surface area is 101 Å². The van der Waals surface area contributed by atoms with E-state index in [0.29, 0.717) is 29.7 Å². The first-order valence-corrected chi connectivity index (χ1v) is 5.37. The van der Waals surface area contributed by atoms with Crippen molar-refractivity contribution in [1.82, 2.24) is 9.88 Å². The van der Waals surface area contributed by atoms with Crippen LogP contribution in [0.25, 0.3) is 0 Å². The number of nitrogen functional groups attached to an aromatic ring is 1. The zero-order valence-corrected chi connectivity index (χ0v) is 10.4. The highest BCUT2D eigenvalue weighted by Crippen LogP contribution is 2.14. The van der Waals surface area contributed by atoms with E-state index in [1.165, 1.54) is 12.3 Å². The molecular formula is C11H19N5O. The van der Waals surface area contributed by atoms with E-state index in [9.17, 15) is 4.79 Å². The summed E-state index contributed by atoms with van der Waals surface area (Å²) in [5, 5.41) is 3.09. The van der Waals surface area contributed by atoms with Crippen LogP contribution >= 0.6 is 0 Å². The van der Waals surface area contributed by atoms with Gasteiger partial charge in [-0.25, -0.2) is 4.98 Å². The van der Waals surface area contributed by atoms with E-state index in [0.717, 1.165) is 0 Å². The first kappa shape index (κ1) is 13.2. The van der Waals surface area contributed by atoms with E-state index in [-0.39, 0.29) is 0 Å². The van der Waals surface area contributed by atoms with E-state index in [1.807, 2.05) is 14.1 Å². The molecular weight excluding hydrogens is 218 g/mol. The van der Waals surface area contributed by atoms with Gasteiger partial charge in [-0.15, -0.1) is 0 Å². The van der Waals surface area contributed by atoms with E-state index < -0.39 is 5.91 Å². The number of amides is 1. The number of carbonyl (C=O) groups excluding carboxylic acids is 1. The number of hydrogen-bond acceptors (Lipinski definition) is 5. The predicted octanol–water partition coefficient (Wildman–Crippen LogP) is 0.125. The van der Waals surface area contributed by atoms with Gasteiger partial charge in [-0.3, -0.25) is 4.79 Å². The third kappa shape index (κ3) is 3.60. The van der Waals surface area contributed by atoms with Gasteiger partial charge in [0.25, 0.3) is 5.91 Å². The Kier molecular flexibility index (Phi) is 4.28. The van der Waals surface area contributed by atoms with Gasteiger partial charge in [-0.05, 0) is 27.1 Å². The van der Waals surface area contributed by atoms with Gasteiger partial charge in [-0.1, -0.05) is 0 Å². The zero-order chi connectivity index (χ0) is 13.0. The summed E-state index contributed by atoms with van der Waals surface area (Å²) in [6, 6.07) is 1.84. The summed E-state index contributed by atoms with van der Waals surface area (Å²) in [4.78, 5) is 17.4. The average Bonchev–Trinajstić information content (AvgIpc) is 2.26. The van der Waals surface area contributed by atoms with Crippen LogP contribution in [-0.2, 0) is 0 Å². The highest BCUT2D eigenvalue weighted by atomic mass is 16.1. The molecule has 0 spiro atoms. The summed E-state index contributed by atoms with van der Waals surface area (Å²) in [6.45, 7) is 2.73. The zero-order valence-electron chi connectivity index (χ0n) is 10.4. The molecule has 1 rings (SSSR count). The predicted molar refractivity (Wildman–Crippen MR) is 68.8 cm³/mol. The lowest BCUT2D eigenvalue weighted by Gasteiger charge is -2.20. The molecule has 0 aromatic carbocycles. The standard InChI is InChI=1S/C11H19N5O/c1-7(16(2)3)5-14-11-9(10(13)17)4-8(12)6-15-11/h4,6-7H,5,12H2,1-3H3,(H2,13,17)(H,14,15). The Hall–Kier alpha value is -1.82. The number of carbonyl (C=O) groups is 1. The first-order chi connectivity index (χ1) is 7.91. The molecule has 1 aromatic rings. The number of nitrogens with two attached hydrogens (primary N) is 2. The molecule has 5 N–H and O–H groups in total. The molecule has 0 radical (unpaired) electrons. The Morgan fingerprint density at radius 1 is 1.59 bits per heavy atom. The van der Waals surface area contributed by atoms with Gasteiger partial charge in [0.2, 0.25) is 0 Å². The number of aromatic nitrogens is 1. The minimum atomic E-state index is -0.537. The van der Waals surface area contributed by atoms with E-state index in [1.54, 1.807) is 0 Å². The molecule has 6 nitrogen and oxygen atoms in total. The monoisotopic (exact) mass is 237 g/mol. The van der Waals surface area contributed by atoms with Crippen LogP contribution in [0.4, 0.5) is 11.5 Å². The lowest BCUT2D eigenvalue weighted by molar-refractivity contribution is 0.100. The van der Waals surface area contributed by atoms with Crippen LogP contribution in [0.2, 0.25) is 0 Å². The molecule has 17 heavy (non-hydrogen) atoms. The summed E-state index contributed by atoms with van der Waals surface area (Å²) in [7, 11) is 3.97. The fourth-order valence-corrected chi connectivity index (χ4v) is 1.24. The van der Waals surface area contributed by atoms with Crippen molar-refractivity contribution in [3.8, 4) is 0 Å². The summed E-state index contributed by atoms with van der Waals surface area (Å²) >= 11 is 0. The van der Waals surface area contributed by atoms with Crippen LogP contribution in [0, 0.1) is 0 Å². The third-order valence-corrected chi connectivity index (χ3v) is 2.62. The minimum Gasteiger partial charge on any atom is -0.397 e. The highest BCUT2D eigenvalue weighted by Gasteiger charge is 2.11. The quantitative estimate of drug-likeness (QED) is 0.676. The van der Waals surface area contributed by atoms with Crippen LogP contribution in [0.3, 0.4) is 0 Å². The van der Waals surface area contributed by atoms with Crippen LogP contribution in [-0.4, -0.2) is 42.5 Å². The Bertz CT molecular complexity index is 405. The number of nitrogens with one attached hydrogen (secondary N) is 1. The smallest absolute Gasteiger partial charge is 0.252 e. The van der Waals surface area contributed by atoms with Gasteiger partial charge in [0.05, 0.1) is 17.4 Å². The Morgan fingerprint density at radius 3 is 2.76 bits per heavy atom. The van der Waals surface area contributed by atoms with Crippen molar-refractivity contribution in [3.63, 3.8) is 0 Å². The van der Waals surface area contributed by atoms with Gasteiger partial charge in [0, 0.05) is 12.6 Å². The molecule has 0 saturated heterocycles. The first-order valence-electron chi connectivity index (χ1n) is 5.37. The van der Waals surface area contributed by atoms with Gasteiger partial charge < -0.3 is 21.7 Å². The van der Waals surface area contributed by atoms with Crippen molar-refractivity contribution in [2.75, 3.05) is 31.7 Å². The van der Waals surface area contributed by atoms with Crippen LogP contribution in [0.15, 0.2) is 12.3 Å².